The van der Waals surface area contributed by atoms with E-state index in [9.17, 15) is 4.79 Å². The molecule has 2 aromatic carbocycles. The molecule has 0 aromatic heterocycles. The molecule has 1 N–H and O–H groups in total. The highest BCUT2D eigenvalue weighted by atomic mass is 32.2. The SMILES string of the molecule is CCCCSc1cccc(CN(CCC(=O)O)Cc2cccc(CC)c2)c1. The lowest BCUT2D eigenvalue weighted by atomic mass is 10.1. The zero-order chi connectivity index (χ0) is 19.5. The van der Waals surface area contributed by atoms with E-state index in [-0.39, 0.29) is 6.42 Å². The van der Waals surface area contributed by atoms with E-state index in [1.165, 1.54) is 34.4 Å². The number of aliphatic carboxylic acids is 1. The molecule has 0 aliphatic heterocycles. The van der Waals surface area contributed by atoms with Gasteiger partial charge in [-0.05, 0) is 47.4 Å². The number of carbonyl (C=O) groups is 1. The molecule has 0 spiro atoms. The normalized spacial score (nSPS) is 11.1. The summed E-state index contributed by atoms with van der Waals surface area (Å²) in [4.78, 5) is 14.6. The molecule has 3 nitrogen and oxygen atoms in total. The maximum absolute atomic E-state index is 11.1. The second-order valence-electron chi connectivity index (χ2n) is 6.88. The number of hydrogen-bond donors (Lipinski definition) is 1. The van der Waals surface area contributed by atoms with Gasteiger partial charge in [0.15, 0.2) is 0 Å². The van der Waals surface area contributed by atoms with Gasteiger partial charge in [0, 0.05) is 24.5 Å². The van der Waals surface area contributed by atoms with Crippen LogP contribution in [0.1, 0.15) is 49.8 Å². The molecule has 4 heteroatoms. The molecule has 146 valence electrons. The molecule has 0 bridgehead atoms. The average molecular weight is 386 g/mol. The minimum atomic E-state index is -0.744. The van der Waals surface area contributed by atoms with Crippen molar-refractivity contribution in [3.63, 3.8) is 0 Å². The number of carboxylic acid groups (broad SMARTS) is 1. The van der Waals surface area contributed by atoms with Gasteiger partial charge in [-0.15, -0.1) is 11.8 Å². The zero-order valence-electron chi connectivity index (χ0n) is 16.5. The van der Waals surface area contributed by atoms with Gasteiger partial charge >= 0.3 is 5.97 Å². The number of aryl methyl sites for hydroxylation is 1. The molecule has 0 radical (unpaired) electrons. The summed E-state index contributed by atoms with van der Waals surface area (Å²) < 4.78 is 0. The summed E-state index contributed by atoms with van der Waals surface area (Å²) in [5.41, 5.74) is 3.81. The van der Waals surface area contributed by atoms with Crippen LogP contribution in [0.5, 0.6) is 0 Å². The Hall–Kier alpha value is -1.78. The van der Waals surface area contributed by atoms with Crippen LogP contribution in [-0.4, -0.2) is 28.3 Å². The summed E-state index contributed by atoms with van der Waals surface area (Å²) in [6.45, 7) is 6.47. The molecule has 2 rings (SSSR count). The van der Waals surface area contributed by atoms with E-state index in [1.807, 2.05) is 11.8 Å². The van der Waals surface area contributed by atoms with E-state index in [2.05, 4.69) is 67.3 Å². The lowest BCUT2D eigenvalue weighted by Gasteiger charge is -2.22. The fraction of sp³-hybridized carbons (Fsp3) is 0.435. The van der Waals surface area contributed by atoms with Crippen molar-refractivity contribution < 1.29 is 9.90 Å². The Morgan fingerprint density at radius 3 is 2.33 bits per heavy atom. The van der Waals surface area contributed by atoms with Gasteiger partial charge in [0.25, 0.3) is 0 Å². The highest BCUT2D eigenvalue weighted by Gasteiger charge is 2.10. The Labute approximate surface area is 167 Å². The van der Waals surface area contributed by atoms with E-state index in [0.29, 0.717) is 6.54 Å². The van der Waals surface area contributed by atoms with Gasteiger partial charge in [-0.3, -0.25) is 9.69 Å². The fourth-order valence-electron chi connectivity index (χ4n) is 3.00. The molecule has 0 atom stereocenters. The van der Waals surface area contributed by atoms with Crippen LogP contribution in [0.2, 0.25) is 0 Å². The smallest absolute Gasteiger partial charge is 0.304 e. The van der Waals surface area contributed by atoms with Crippen molar-refractivity contribution >= 4 is 17.7 Å². The van der Waals surface area contributed by atoms with E-state index in [4.69, 9.17) is 5.11 Å². The molecular weight excluding hydrogens is 354 g/mol. The van der Waals surface area contributed by atoms with Crippen LogP contribution >= 0.6 is 11.8 Å². The number of carboxylic acids is 1. The van der Waals surface area contributed by atoms with Crippen molar-refractivity contribution in [3.8, 4) is 0 Å². The van der Waals surface area contributed by atoms with Crippen LogP contribution in [0.15, 0.2) is 53.4 Å². The predicted molar refractivity (Wildman–Crippen MR) is 114 cm³/mol. The molecule has 27 heavy (non-hydrogen) atoms. The van der Waals surface area contributed by atoms with Crippen molar-refractivity contribution in [1.29, 1.82) is 0 Å². The van der Waals surface area contributed by atoms with Gasteiger partial charge < -0.3 is 5.11 Å². The van der Waals surface area contributed by atoms with Crippen molar-refractivity contribution in [2.24, 2.45) is 0 Å². The van der Waals surface area contributed by atoms with E-state index in [1.54, 1.807) is 0 Å². The average Bonchev–Trinajstić information content (AvgIpc) is 2.67. The Morgan fingerprint density at radius 2 is 1.67 bits per heavy atom. The third-order valence-electron chi connectivity index (χ3n) is 4.52. The summed E-state index contributed by atoms with van der Waals surface area (Å²) in [5, 5.41) is 9.11. The van der Waals surface area contributed by atoms with Crippen LogP contribution in [0, 0.1) is 0 Å². The minimum absolute atomic E-state index is 0.165. The molecule has 0 unspecified atom stereocenters. The molecule has 0 fully saturated rings. The molecule has 0 amide bonds. The van der Waals surface area contributed by atoms with Crippen molar-refractivity contribution in [2.75, 3.05) is 12.3 Å². The van der Waals surface area contributed by atoms with Gasteiger partial charge in [-0.2, -0.15) is 0 Å². The summed E-state index contributed by atoms with van der Waals surface area (Å²) in [5.74, 6) is 0.401. The highest BCUT2D eigenvalue weighted by Crippen LogP contribution is 2.22. The standard InChI is InChI=1S/C23H31NO2S/c1-3-5-14-27-22-11-7-10-21(16-22)18-24(13-12-23(25)26)17-20-9-6-8-19(4-2)15-20/h6-11,15-16H,3-5,12-14,17-18H2,1-2H3,(H,25,26). The van der Waals surface area contributed by atoms with Crippen molar-refractivity contribution in [1.82, 2.24) is 4.90 Å². The number of thioether (sulfide) groups is 1. The van der Waals surface area contributed by atoms with Crippen LogP contribution in [0.25, 0.3) is 0 Å². The number of benzene rings is 2. The topological polar surface area (TPSA) is 40.5 Å². The number of hydrogen-bond acceptors (Lipinski definition) is 3. The van der Waals surface area contributed by atoms with Crippen LogP contribution in [-0.2, 0) is 24.3 Å². The molecule has 0 aliphatic carbocycles. The van der Waals surface area contributed by atoms with Crippen LogP contribution < -0.4 is 0 Å². The third kappa shape index (κ3) is 8.19. The Morgan fingerprint density at radius 1 is 1.00 bits per heavy atom. The molecule has 0 saturated carbocycles. The van der Waals surface area contributed by atoms with Crippen molar-refractivity contribution in [3.05, 3.63) is 65.2 Å². The number of nitrogens with zero attached hydrogens (tertiary/aromatic N) is 1. The molecular formula is C23H31NO2S. The van der Waals surface area contributed by atoms with Crippen molar-refractivity contribution in [2.45, 2.75) is 57.5 Å². The minimum Gasteiger partial charge on any atom is -0.481 e. The van der Waals surface area contributed by atoms with Gasteiger partial charge in [0.2, 0.25) is 0 Å². The van der Waals surface area contributed by atoms with E-state index in [0.717, 1.165) is 25.3 Å². The maximum atomic E-state index is 11.1. The molecule has 0 aliphatic rings. The number of unbranched alkanes of at least 4 members (excludes halogenated alkanes) is 1. The van der Waals surface area contributed by atoms with Crippen LogP contribution in [0.4, 0.5) is 0 Å². The molecule has 0 heterocycles. The Balaban J connectivity index is 2.06. The van der Waals surface area contributed by atoms with E-state index >= 15 is 0 Å². The molecule has 2 aromatic rings. The predicted octanol–water partition coefficient (Wildman–Crippen LogP) is 5.62. The van der Waals surface area contributed by atoms with Gasteiger partial charge in [0.05, 0.1) is 6.42 Å². The summed E-state index contributed by atoms with van der Waals surface area (Å²) in [6.07, 6.45) is 3.62. The lowest BCUT2D eigenvalue weighted by molar-refractivity contribution is -0.137. The van der Waals surface area contributed by atoms with Gasteiger partial charge in [-0.1, -0.05) is 56.7 Å². The highest BCUT2D eigenvalue weighted by molar-refractivity contribution is 7.99. The summed E-state index contributed by atoms with van der Waals surface area (Å²) in [6, 6.07) is 17.2. The van der Waals surface area contributed by atoms with Gasteiger partial charge in [0.1, 0.15) is 0 Å². The Kier molecular flexibility index (Phi) is 9.43. The Bertz CT molecular complexity index is 717. The monoisotopic (exact) mass is 385 g/mol. The maximum Gasteiger partial charge on any atom is 0.304 e. The fourth-order valence-corrected chi connectivity index (χ4v) is 4.08. The quantitative estimate of drug-likeness (QED) is 0.380. The first-order chi connectivity index (χ1) is 13.1. The largest absolute Gasteiger partial charge is 0.481 e. The first-order valence-corrected chi connectivity index (χ1v) is 10.8. The first-order valence-electron chi connectivity index (χ1n) is 9.84. The van der Waals surface area contributed by atoms with Crippen LogP contribution in [0.3, 0.4) is 0 Å². The van der Waals surface area contributed by atoms with Gasteiger partial charge in [-0.25, -0.2) is 0 Å². The summed E-state index contributed by atoms with van der Waals surface area (Å²) in [7, 11) is 0. The lowest BCUT2D eigenvalue weighted by Crippen LogP contribution is -2.25. The number of rotatable bonds is 12. The molecule has 0 saturated heterocycles. The second-order valence-corrected chi connectivity index (χ2v) is 8.05. The first kappa shape index (κ1) is 21.5. The second kappa shape index (κ2) is 11.8. The third-order valence-corrected chi connectivity index (χ3v) is 5.60. The van der Waals surface area contributed by atoms with E-state index < -0.39 is 5.97 Å². The summed E-state index contributed by atoms with van der Waals surface area (Å²) >= 11 is 1.90. The zero-order valence-corrected chi connectivity index (χ0v) is 17.3.